The Morgan fingerprint density at radius 3 is 2.54 bits per heavy atom. The van der Waals surface area contributed by atoms with Crippen LogP contribution in [0.4, 0.5) is 8.78 Å². The molecule has 10 nitrogen and oxygen atoms in total. The number of nitrogens with one attached hydrogen (secondary N) is 2. The molecule has 3 N–H and O–H groups in total. The van der Waals surface area contributed by atoms with Crippen molar-refractivity contribution in [1.82, 2.24) is 25.1 Å². The third-order valence-electron chi connectivity index (χ3n) is 6.60. The molecule has 0 saturated heterocycles. The minimum Gasteiger partial charge on any atom is -0.501 e. The molecule has 3 aliphatic rings. The minimum atomic E-state index is -1.18. The van der Waals surface area contributed by atoms with Gasteiger partial charge in [-0.25, -0.2) is 13.8 Å². The van der Waals surface area contributed by atoms with Gasteiger partial charge in [0.2, 0.25) is 5.75 Å². The van der Waals surface area contributed by atoms with Crippen LogP contribution in [0, 0.1) is 17.6 Å². The zero-order chi connectivity index (χ0) is 25.5. The summed E-state index contributed by atoms with van der Waals surface area (Å²) in [7, 11) is 2.87. The Hall–Kier alpha value is -3.83. The van der Waals surface area contributed by atoms with Crippen LogP contribution in [-0.4, -0.2) is 51.4 Å². The van der Waals surface area contributed by atoms with Crippen molar-refractivity contribution in [2.45, 2.75) is 44.3 Å². The van der Waals surface area contributed by atoms with E-state index in [0.717, 1.165) is 17.0 Å². The maximum atomic E-state index is 13.9. The maximum absolute atomic E-state index is 13.9. The van der Waals surface area contributed by atoms with Crippen molar-refractivity contribution in [3.05, 3.63) is 57.3 Å². The molecule has 1 fully saturated rings. The summed E-state index contributed by atoms with van der Waals surface area (Å²) in [6.45, 7) is -0.0948. The van der Waals surface area contributed by atoms with Gasteiger partial charge in [0.15, 0.2) is 5.69 Å². The van der Waals surface area contributed by atoms with E-state index in [1.807, 2.05) is 0 Å². The SMILES string of the molecule is CN(C)C(=O)C(=O)NC12CCC(CC1)Cn1c2nc(C(=O)NCc2ccc(F)cc2F)c(O)c1=O. The second kappa shape index (κ2) is 9.08. The van der Waals surface area contributed by atoms with Crippen LogP contribution in [-0.2, 0) is 28.2 Å². The van der Waals surface area contributed by atoms with E-state index in [-0.39, 0.29) is 30.4 Å². The van der Waals surface area contributed by atoms with E-state index in [1.165, 1.54) is 18.7 Å². The van der Waals surface area contributed by atoms with E-state index in [9.17, 15) is 33.1 Å². The minimum absolute atomic E-state index is 0.00436. The fraction of sp³-hybridized carbons (Fsp3) is 0.435. The quantitative estimate of drug-likeness (QED) is 0.543. The number of benzene rings is 1. The molecule has 0 spiro atoms. The van der Waals surface area contributed by atoms with E-state index in [1.54, 1.807) is 0 Å². The van der Waals surface area contributed by atoms with Gasteiger partial charge >= 0.3 is 11.8 Å². The normalized spacial score (nSPS) is 20.5. The number of aromatic hydroxyl groups is 1. The van der Waals surface area contributed by atoms with Gasteiger partial charge < -0.3 is 20.6 Å². The first-order valence-corrected chi connectivity index (χ1v) is 11.1. The van der Waals surface area contributed by atoms with Crippen molar-refractivity contribution < 1.29 is 28.3 Å². The van der Waals surface area contributed by atoms with E-state index in [4.69, 9.17) is 0 Å². The fourth-order valence-corrected chi connectivity index (χ4v) is 4.65. The van der Waals surface area contributed by atoms with Crippen molar-refractivity contribution in [2.75, 3.05) is 14.1 Å². The molecule has 1 aromatic carbocycles. The first-order valence-electron chi connectivity index (χ1n) is 11.1. The molecule has 186 valence electrons. The predicted molar refractivity (Wildman–Crippen MR) is 118 cm³/mol. The van der Waals surface area contributed by atoms with Crippen LogP contribution in [0.15, 0.2) is 23.0 Å². The molecule has 0 unspecified atom stereocenters. The van der Waals surface area contributed by atoms with Crippen molar-refractivity contribution in [2.24, 2.45) is 5.92 Å². The number of fused-ring (bicyclic) bond motifs is 2. The van der Waals surface area contributed by atoms with Gasteiger partial charge in [-0.2, -0.15) is 0 Å². The van der Waals surface area contributed by atoms with Gasteiger partial charge in [0, 0.05) is 38.8 Å². The van der Waals surface area contributed by atoms with Gasteiger partial charge in [0.25, 0.3) is 11.5 Å². The molecule has 2 aromatic rings. The molecule has 3 amide bonds. The molecule has 1 saturated carbocycles. The number of nitrogens with zero attached hydrogens (tertiary/aromatic N) is 3. The van der Waals surface area contributed by atoms with Crippen LogP contribution in [0.5, 0.6) is 5.75 Å². The number of likely N-dealkylation sites (N-methyl/N-ethyl adjacent to an activating group) is 1. The smallest absolute Gasteiger partial charge is 0.311 e. The summed E-state index contributed by atoms with van der Waals surface area (Å²) in [5.41, 5.74) is -2.61. The fourth-order valence-electron chi connectivity index (χ4n) is 4.65. The first kappa shape index (κ1) is 24.3. The van der Waals surface area contributed by atoms with Gasteiger partial charge in [-0.3, -0.25) is 23.7 Å². The van der Waals surface area contributed by atoms with E-state index in [2.05, 4.69) is 15.6 Å². The topological polar surface area (TPSA) is 134 Å². The Morgan fingerprint density at radius 1 is 1.23 bits per heavy atom. The summed E-state index contributed by atoms with van der Waals surface area (Å²) in [4.78, 5) is 56.2. The highest BCUT2D eigenvalue weighted by molar-refractivity contribution is 6.35. The van der Waals surface area contributed by atoms with Gasteiger partial charge in [-0.1, -0.05) is 6.07 Å². The highest BCUT2D eigenvalue weighted by Gasteiger charge is 2.46. The Labute approximate surface area is 199 Å². The molecule has 0 atom stereocenters. The maximum Gasteiger partial charge on any atom is 0.311 e. The summed E-state index contributed by atoms with van der Waals surface area (Å²) in [6.07, 6.45) is 2.07. The molecule has 35 heavy (non-hydrogen) atoms. The standard InChI is InChI=1S/C23H25F2N5O5/c1-29(2)21(35)19(33)28-23-7-5-12(6-8-23)11-30-20(34)17(31)16(27-22(23)30)18(32)26-10-13-3-4-14(24)9-15(13)25/h3-4,9,12,31H,5-8,10-11H2,1-2H3,(H,26,32)(H,28,33). The summed E-state index contributed by atoms with van der Waals surface area (Å²) in [5.74, 6) is -4.93. The molecule has 1 aromatic heterocycles. The molecule has 1 aliphatic carbocycles. The summed E-state index contributed by atoms with van der Waals surface area (Å²) in [6, 6.07) is 2.87. The van der Waals surface area contributed by atoms with Gasteiger partial charge in [-0.15, -0.1) is 0 Å². The van der Waals surface area contributed by atoms with Crippen LogP contribution in [0.2, 0.25) is 0 Å². The second-order valence-corrected chi connectivity index (χ2v) is 9.15. The first-order chi connectivity index (χ1) is 16.5. The van der Waals surface area contributed by atoms with Gasteiger partial charge in [0.1, 0.15) is 17.5 Å². The van der Waals surface area contributed by atoms with Crippen LogP contribution in [0.3, 0.4) is 0 Å². The molecular weight excluding hydrogens is 464 g/mol. The number of carbonyl (C=O) groups excluding carboxylic acids is 3. The lowest BCUT2D eigenvalue weighted by Gasteiger charge is -2.37. The number of hydrogen-bond donors (Lipinski definition) is 3. The Balaban J connectivity index is 1.70. The third kappa shape index (κ3) is 4.47. The number of amides is 3. The molecule has 3 heterocycles. The summed E-state index contributed by atoms with van der Waals surface area (Å²) < 4.78 is 28.3. The molecule has 0 radical (unpaired) electrons. The van der Waals surface area contributed by atoms with Crippen LogP contribution >= 0.6 is 0 Å². The number of rotatable bonds is 4. The van der Waals surface area contributed by atoms with E-state index in [0.29, 0.717) is 31.7 Å². The number of carbonyl (C=O) groups is 3. The lowest BCUT2D eigenvalue weighted by atomic mass is 9.77. The largest absolute Gasteiger partial charge is 0.501 e. The molecular formula is C23H25F2N5O5. The summed E-state index contributed by atoms with van der Waals surface area (Å²) >= 11 is 0. The highest BCUT2D eigenvalue weighted by atomic mass is 19.1. The van der Waals surface area contributed by atoms with Crippen molar-refractivity contribution in [3.63, 3.8) is 0 Å². The Morgan fingerprint density at radius 2 is 1.91 bits per heavy atom. The third-order valence-corrected chi connectivity index (χ3v) is 6.60. The lowest BCUT2D eigenvalue weighted by molar-refractivity contribution is -0.145. The van der Waals surface area contributed by atoms with Crippen molar-refractivity contribution in [3.8, 4) is 5.75 Å². The number of aromatic nitrogens is 2. The second-order valence-electron chi connectivity index (χ2n) is 9.15. The zero-order valence-corrected chi connectivity index (χ0v) is 19.2. The Bertz CT molecular complexity index is 1270. The van der Waals surface area contributed by atoms with Crippen LogP contribution in [0.1, 0.15) is 47.6 Å². The monoisotopic (exact) mass is 489 g/mol. The van der Waals surface area contributed by atoms with Gasteiger partial charge in [0.05, 0.1) is 5.54 Å². The average Bonchev–Trinajstić information content (AvgIpc) is 3.06. The number of halogens is 2. The van der Waals surface area contributed by atoms with E-state index >= 15 is 0 Å². The highest BCUT2D eigenvalue weighted by Crippen LogP contribution is 2.42. The van der Waals surface area contributed by atoms with Crippen LogP contribution in [0.25, 0.3) is 0 Å². The molecule has 5 rings (SSSR count). The lowest BCUT2D eigenvalue weighted by Crippen LogP contribution is -2.53. The summed E-state index contributed by atoms with van der Waals surface area (Å²) in [5, 5.41) is 15.6. The molecule has 2 bridgehead atoms. The van der Waals surface area contributed by atoms with Gasteiger partial charge in [-0.05, 0) is 37.7 Å². The molecule has 12 heteroatoms. The Kier molecular flexibility index (Phi) is 6.30. The van der Waals surface area contributed by atoms with Crippen molar-refractivity contribution >= 4 is 17.7 Å². The predicted octanol–water partition coefficient (Wildman–Crippen LogP) is 0.761. The zero-order valence-electron chi connectivity index (χ0n) is 19.2. The van der Waals surface area contributed by atoms with Crippen LogP contribution < -0.4 is 16.2 Å². The van der Waals surface area contributed by atoms with E-state index < -0.39 is 51.9 Å². The van der Waals surface area contributed by atoms with Crippen molar-refractivity contribution in [1.29, 1.82) is 0 Å². The molecule has 2 aliphatic heterocycles. The number of hydrogen-bond acceptors (Lipinski definition) is 6. The average molecular weight is 489 g/mol.